The van der Waals surface area contributed by atoms with E-state index in [0.29, 0.717) is 0 Å². The lowest BCUT2D eigenvalue weighted by Gasteiger charge is -2.02. The van der Waals surface area contributed by atoms with E-state index in [1.165, 1.54) is 5.69 Å². The first-order valence-corrected chi connectivity index (χ1v) is 5.35. The van der Waals surface area contributed by atoms with Gasteiger partial charge in [0.1, 0.15) is 5.82 Å². The van der Waals surface area contributed by atoms with Gasteiger partial charge < -0.3 is 4.57 Å². The van der Waals surface area contributed by atoms with Gasteiger partial charge >= 0.3 is 0 Å². The molecule has 0 saturated carbocycles. The summed E-state index contributed by atoms with van der Waals surface area (Å²) in [7, 11) is 0. The summed E-state index contributed by atoms with van der Waals surface area (Å²) in [6.45, 7) is 8.02. The van der Waals surface area contributed by atoms with E-state index in [4.69, 9.17) is 0 Å². The number of aromatic nitrogens is 2. The summed E-state index contributed by atoms with van der Waals surface area (Å²) in [5.74, 6) is 1.03. The lowest BCUT2D eigenvalue weighted by molar-refractivity contribution is 0.974. The zero-order chi connectivity index (χ0) is 11.3. The molecule has 1 heterocycles. The fraction of sp³-hybridized carbons (Fsp3) is 0.308. The molecule has 80 valence electrons. The van der Waals surface area contributed by atoms with Crippen LogP contribution in [0.3, 0.4) is 0 Å². The van der Waals surface area contributed by atoms with Gasteiger partial charge in [-0.2, -0.15) is 0 Å². The Hall–Kier alpha value is -1.57. The van der Waals surface area contributed by atoms with Gasteiger partial charge in [0, 0.05) is 11.9 Å². The van der Waals surface area contributed by atoms with Crippen molar-refractivity contribution in [2.24, 2.45) is 0 Å². The highest BCUT2D eigenvalue weighted by Gasteiger charge is 2.00. The van der Waals surface area contributed by atoms with Crippen molar-refractivity contribution in [3.05, 3.63) is 48.0 Å². The van der Waals surface area contributed by atoms with Gasteiger partial charge in [0.25, 0.3) is 0 Å². The van der Waals surface area contributed by atoms with Gasteiger partial charge in [-0.1, -0.05) is 32.0 Å². The summed E-state index contributed by atoms with van der Waals surface area (Å²) in [4.78, 5) is 4.35. The smallest absolute Gasteiger partial charge is 0.110 e. The van der Waals surface area contributed by atoms with Crippen LogP contribution in [-0.4, -0.2) is 9.55 Å². The predicted molar refractivity (Wildman–Crippen MR) is 64.4 cm³/mol. The molecule has 0 radical (unpaired) electrons. The van der Waals surface area contributed by atoms with Gasteiger partial charge in [-0.05, 0) is 26.0 Å². The number of hydrogen-bond donors (Lipinski definition) is 0. The zero-order valence-corrected chi connectivity index (χ0v) is 9.86. The highest BCUT2D eigenvalue weighted by atomic mass is 15.1. The molecule has 0 bridgehead atoms. The fourth-order valence-corrected chi connectivity index (χ4v) is 1.47. The normalized spacial score (nSPS) is 9.33. The lowest BCUT2D eigenvalue weighted by atomic mass is 10.3. The zero-order valence-electron chi connectivity index (χ0n) is 9.86. The molecular formula is C13H18N2. The van der Waals surface area contributed by atoms with E-state index in [-0.39, 0.29) is 0 Å². The third kappa shape index (κ3) is 2.69. The monoisotopic (exact) mass is 202 g/mol. The SMILES string of the molecule is CC.Cc1cn(-c2ccccc2)c(C)n1. The molecule has 0 unspecified atom stereocenters. The number of nitrogens with zero attached hydrogens (tertiary/aromatic N) is 2. The van der Waals surface area contributed by atoms with E-state index in [0.717, 1.165) is 11.5 Å². The average Bonchev–Trinajstić information content (AvgIpc) is 2.62. The Bertz CT molecular complexity index is 402. The maximum atomic E-state index is 4.35. The van der Waals surface area contributed by atoms with Crippen molar-refractivity contribution >= 4 is 0 Å². The summed E-state index contributed by atoms with van der Waals surface area (Å²) in [5, 5.41) is 0. The van der Waals surface area contributed by atoms with E-state index >= 15 is 0 Å². The number of imidazole rings is 1. The number of rotatable bonds is 1. The number of aryl methyl sites for hydroxylation is 2. The Kier molecular flexibility index (Phi) is 4.10. The molecule has 2 aromatic rings. The standard InChI is InChI=1S/C11H12N2.C2H6/c1-9-8-13(10(2)12-9)11-6-4-3-5-7-11;1-2/h3-8H,1-2H3;1-2H3. The van der Waals surface area contributed by atoms with Gasteiger partial charge in [0.2, 0.25) is 0 Å². The molecule has 0 aliphatic heterocycles. The van der Waals surface area contributed by atoms with E-state index in [1.807, 2.05) is 52.1 Å². The molecule has 0 atom stereocenters. The van der Waals surface area contributed by atoms with Crippen LogP contribution in [-0.2, 0) is 0 Å². The molecule has 0 saturated heterocycles. The van der Waals surface area contributed by atoms with Crippen LogP contribution in [0.15, 0.2) is 36.5 Å². The highest BCUT2D eigenvalue weighted by Crippen LogP contribution is 2.10. The minimum Gasteiger partial charge on any atom is -0.304 e. The van der Waals surface area contributed by atoms with E-state index in [9.17, 15) is 0 Å². The Morgan fingerprint density at radius 3 is 2.07 bits per heavy atom. The quantitative estimate of drug-likeness (QED) is 0.692. The lowest BCUT2D eigenvalue weighted by Crippen LogP contribution is -1.93. The van der Waals surface area contributed by atoms with Crippen LogP contribution in [0.5, 0.6) is 0 Å². The summed E-state index contributed by atoms with van der Waals surface area (Å²) in [6, 6.07) is 10.2. The maximum absolute atomic E-state index is 4.35. The first-order chi connectivity index (χ1) is 7.27. The summed E-state index contributed by atoms with van der Waals surface area (Å²) >= 11 is 0. The predicted octanol–water partition coefficient (Wildman–Crippen LogP) is 3.52. The van der Waals surface area contributed by atoms with E-state index in [1.54, 1.807) is 0 Å². The van der Waals surface area contributed by atoms with Crippen molar-refractivity contribution in [1.82, 2.24) is 9.55 Å². The van der Waals surface area contributed by atoms with Crippen molar-refractivity contribution in [2.75, 3.05) is 0 Å². The van der Waals surface area contributed by atoms with Crippen LogP contribution in [0.25, 0.3) is 5.69 Å². The Morgan fingerprint density at radius 2 is 1.60 bits per heavy atom. The van der Waals surface area contributed by atoms with Crippen molar-refractivity contribution in [3.63, 3.8) is 0 Å². The van der Waals surface area contributed by atoms with Gasteiger partial charge in [0.05, 0.1) is 5.69 Å². The van der Waals surface area contributed by atoms with Crippen LogP contribution >= 0.6 is 0 Å². The van der Waals surface area contributed by atoms with Crippen LogP contribution in [0.4, 0.5) is 0 Å². The van der Waals surface area contributed by atoms with Gasteiger partial charge in [-0.3, -0.25) is 0 Å². The molecule has 0 aliphatic carbocycles. The molecule has 2 heteroatoms. The van der Waals surface area contributed by atoms with Crippen LogP contribution in [0.1, 0.15) is 25.4 Å². The molecule has 0 spiro atoms. The fourth-order valence-electron chi connectivity index (χ4n) is 1.47. The molecular weight excluding hydrogens is 184 g/mol. The number of para-hydroxylation sites is 1. The largest absolute Gasteiger partial charge is 0.304 e. The van der Waals surface area contributed by atoms with Crippen molar-refractivity contribution in [3.8, 4) is 5.69 Å². The summed E-state index contributed by atoms with van der Waals surface area (Å²) in [5.41, 5.74) is 2.22. The molecule has 1 aromatic carbocycles. The third-order valence-corrected chi connectivity index (χ3v) is 2.04. The maximum Gasteiger partial charge on any atom is 0.110 e. The third-order valence-electron chi connectivity index (χ3n) is 2.04. The Morgan fingerprint density at radius 1 is 1.00 bits per heavy atom. The molecule has 2 nitrogen and oxygen atoms in total. The molecule has 0 amide bonds. The molecule has 0 aliphatic rings. The van der Waals surface area contributed by atoms with Crippen molar-refractivity contribution in [2.45, 2.75) is 27.7 Å². The number of benzene rings is 1. The average molecular weight is 202 g/mol. The molecule has 15 heavy (non-hydrogen) atoms. The van der Waals surface area contributed by atoms with Crippen molar-refractivity contribution in [1.29, 1.82) is 0 Å². The van der Waals surface area contributed by atoms with Gasteiger partial charge in [0.15, 0.2) is 0 Å². The summed E-state index contributed by atoms with van der Waals surface area (Å²) < 4.78 is 2.09. The second-order valence-electron chi connectivity index (χ2n) is 3.14. The van der Waals surface area contributed by atoms with Crippen LogP contribution < -0.4 is 0 Å². The summed E-state index contributed by atoms with van der Waals surface area (Å²) in [6.07, 6.45) is 2.05. The van der Waals surface area contributed by atoms with Gasteiger partial charge in [-0.15, -0.1) is 0 Å². The topological polar surface area (TPSA) is 17.8 Å². The molecule has 2 rings (SSSR count). The minimum atomic E-state index is 1.03. The molecule has 0 fully saturated rings. The highest BCUT2D eigenvalue weighted by molar-refractivity contribution is 5.33. The van der Waals surface area contributed by atoms with Crippen molar-refractivity contribution < 1.29 is 0 Å². The minimum absolute atomic E-state index is 1.03. The first-order valence-electron chi connectivity index (χ1n) is 5.35. The Labute approximate surface area is 91.6 Å². The number of hydrogen-bond acceptors (Lipinski definition) is 1. The second-order valence-corrected chi connectivity index (χ2v) is 3.14. The van der Waals surface area contributed by atoms with E-state index in [2.05, 4.69) is 21.7 Å². The van der Waals surface area contributed by atoms with E-state index < -0.39 is 0 Å². The van der Waals surface area contributed by atoms with Crippen LogP contribution in [0.2, 0.25) is 0 Å². The molecule has 1 aromatic heterocycles. The molecule has 0 N–H and O–H groups in total. The Balaban J connectivity index is 0.000000531. The first kappa shape index (κ1) is 11.5. The second kappa shape index (κ2) is 5.35. The van der Waals surface area contributed by atoms with Crippen LogP contribution in [0, 0.1) is 13.8 Å². The van der Waals surface area contributed by atoms with Gasteiger partial charge in [-0.25, -0.2) is 4.98 Å².